The van der Waals surface area contributed by atoms with Crippen LogP contribution in [-0.2, 0) is 32.7 Å². The van der Waals surface area contributed by atoms with E-state index >= 15 is 0 Å². The van der Waals surface area contributed by atoms with Crippen LogP contribution in [0, 0.1) is 12.1 Å². The van der Waals surface area contributed by atoms with Crippen molar-refractivity contribution >= 4 is 34.5 Å². The monoisotopic (exact) mass is 356 g/mol. The van der Waals surface area contributed by atoms with Crippen LogP contribution in [0.3, 0.4) is 0 Å². The molecule has 0 aliphatic carbocycles. The fourth-order valence-corrected chi connectivity index (χ4v) is 3.20. The van der Waals surface area contributed by atoms with Gasteiger partial charge in [0.2, 0.25) is 0 Å². The number of rotatable bonds is 1. The fraction of sp³-hybridized carbons (Fsp3) is 0.0526. The van der Waals surface area contributed by atoms with Crippen LogP contribution in [0.15, 0.2) is 66.7 Å². The van der Waals surface area contributed by atoms with E-state index in [1.165, 1.54) is 27.8 Å². The molecule has 0 aromatic heterocycles. The minimum atomic E-state index is 0. The van der Waals surface area contributed by atoms with Crippen molar-refractivity contribution in [1.29, 1.82) is 0 Å². The molecule has 0 spiro atoms. The molecular formula is C19H14BNY-2. The molecule has 4 rings (SSSR count). The summed E-state index contributed by atoms with van der Waals surface area (Å²) >= 11 is 0. The molecule has 1 nitrogen and oxygen atoms in total. The van der Waals surface area contributed by atoms with Crippen molar-refractivity contribution in [2.24, 2.45) is 0 Å². The summed E-state index contributed by atoms with van der Waals surface area (Å²) in [5, 5.41) is 0. The number of hydrogen-bond acceptors (Lipinski definition) is 1. The first-order valence-corrected chi connectivity index (χ1v) is 7.16. The van der Waals surface area contributed by atoms with Crippen molar-refractivity contribution in [3.05, 3.63) is 78.9 Å². The van der Waals surface area contributed by atoms with Crippen LogP contribution in [0.4, 0.5) is 11.4 Å². The minimum Gasteiger partial charge on any atom is -0.399 e. The van der Waals surface area contributed by atoms with Crippen LogP contribution in [0.25, 0.3) is 0 Å². The van der Waals surface area contributed by atoms with E-state index in [0.29, 0.717) is 0 Å². The van der Waals surface area contributed by atoms with Crippen LogP contribution < -0.4 is 21.3 Å². The first kappa shape index (κ1) is 15.5. The van der Waals surface area contributed by atoms with Gasteiger partial charge in [0.05, 0.1) is 0 Å². The molecular weight excluding hydrogens is 342 g/mol. The van der Waals surface area contributed by atoms with E-state index in [-0.39, 0.29) is 39.4 Å². The second-order valence-electron chi connectivity index (χ2n) is 5.34. The quantitative estimate of drug-likeness (QED) is 0.476. The molecule has 0 unspecified atom stereocenters. The summed E-state index contributed by atoms with van der Waals surface area (Å²) in [6, 6.07) is 29.9. The molecule has 0 bridgehead atoms. The molecule has 1 aliphatic heterocycles. The predicted molar refractivity (Wildman–Crippen MR) is 89.7 cm³/mol. The van der Waals surface area contributed by atoms with Crippen molar-refractivity contribution in [1.82, 2.24) is 0 Å². The molecule has 1 heterocycles. The van der Waals surface area contributed by atoms with E-state index in [4.69, 9.17) is 0 Å². The van der Waals surface area contributed by atoms with Gasteiger partial charge in [-0.15, -0.1) is 6.07 Å². The van der Waals surface area contributed by atoms with Crippen LogP contribution in [0.5, 0.6) is 0 Å². The Morgan fingerprint density at radius 3 is 2.36 bits per heavy atom. The average Bonchev–Trinajstić information content (AvgIpc) is 2.56. The average molecular weight is 356 g/mol. The number of para-hydroxylation sites is 1. The molecule has 1 radical (unpaired) electrons. The molecule has 3 aromatic rings. The van der Waals surface area contributed by atoms with Crippen LogP contribution >= 0.6 is 0 Å². The van der Waals surface area contributed by atoms with Crippen molar-refractivity contribution in [2.75, 3.05) is 11.9 Å². The maximum Gasteiger partial charge on any atom is 0.195 e. The third-order valence-electron chi connectivity index (χ3n) is 4.17. The van der Waals surface area contributed by atoms with Gasteiger partial charge in [0.1, 0.15) is 0 Å². The molecule has 103 valence electrons. The van der Waals surface area contributed by atoms with Crippen molar-refractivity contribution < 1.29 is 32.7 Å². The maximum atomic E-state index is 3.45. The third kappa shape index (κ3) is 2.45. The van der Waals surface area contributed by atoms with Gasteiger partial charge in [-0.25, -0.2) is 0 Å². The topological polar surface area (TPSA) is 3.24 Å². The molecule has 3 aromatic carbocycles. The molecule has 3 heteroatoms. The van der Waals surface area contributed by atoms with Gasteiger partial charge in [0.15, 0.2) is 6.71 Å². The Balaban J connectivity index is 0.00000144. The predicted octanol–water partition coefficient (Wildman–Crippen LogP) is 1.88. The van der Waals surface area contributed by atoms with Crippen molar-refractivity contribution in [3.8, 4) is 0 Å². The summed E-state index contributed by atoms with van der Waals surface area (Å²) in [7, 11) is 2.12. The summed E-state index contributed by atoms with van der Waals surface area (Å²) < 4.78 is 0. The number of fused-ring (bicyclic) bond motifs is 2. The molecule has 0 atom stereocenters. The maximum absolute atomic E-state index is 3.45. The fourth-order valence-electron chi connectivity index (χ4n) is 3.20. The second kappa shape index (κ2) is 6.40. The molecule has 22 heavy (non-hydrogen) atoms. The molecule has 0 amide bonds. The molecule has 0 fully saturated rings. The Bertz CT molecular complexity index is 741. The van der Waals surface area contributed by atoms with Gasteiger partial charge in [-0.1, -0.05) is 29.3 Å². The largest absolute Gasteiger partial charge is 0.399 e. The number of anilines is 2. The first-order valence-electron chi connectivity index (χ1n) is 7.16. The standard InChI is InChI=1S/C19H14BN.Y/c1-21-18-13-7-5-11-16(18)20(15-9-3-2-4-10-15)17-12-6-8-14-19(17)21;/h2-9,11,13-14H,1H3;/q-2;. The van der Waals surface area contributed by atoms with Gasteiger partial charge in [-0.05, 0) is 13.1 Å². The summed E-state index contributed by atoms with van der Waals surface area (Å²) in [5.74, 6) is 0. The SMILES string of the molecule is CN1c2ccc[c-]c2B(c2[c-]cccc2)c2ccccc21.[Y]. The Kier molecular flexibility index (Phi) is 4.51. The van der Waals surface area contributed by atoms with Crippen molar-refractivity contribution in [2.45, 2.75) is 0 Å². The van der Waals surface area contributed by atoms with Crippen molar-refractivity contribution in [3.63, 3.8) is 0 Å². The smallest absolute Gasteiger partial charge is 0.195 e. The van der Waals surface area contributed by atoms with E-state index in [1.54, 1.807) is 0 Å². The van der Waals surface area contributed by atoms with Crippen LogP contribution in [0.1, 0.15) is 0 Å². The van der Waals surface area contributed by atoms with E-state index in [0.717, 1.165) is 0 Å². The van der Waals surface area contributed by atoms with E-state index in [9.17, 15) is 0 Å². The zero-order valence-electron chi connectivity index (χ0n) is 12.5. The molecule has 1 aliphatic rings. The Labute approximate surface area is 157 Å². The van der Waals surface area contributed by atoms with Gasteiger partial charge < -0.3 is 4.90 Å². The van der Waals surface area contributed by atoms with Crippen LogP contribution in [0.2, 0.25) is 0 Å². The summed E-state index contributed by atoms with van der Waals surface area (Å²) in [5.41, 5.74) is 6.21. The van der Waals surface area contributed by atoms with E-state index in [2.05, 4.69) is 72.6 Å². The molecule has 0 N–H and O–H groups in total. The van der Waals surface area contributed by atoms with Crippen LogP contribution in [-0.4, -0.2) is 13.8 Å². The molecule has 0 saturated carbocycles. The number of benzene rings is 3. The van der Waals surface area contributed by atoms with E-state index < -0.39 is 0 Å². The number of nitrogens with zero attached hydrogens (tertiary/aromatic N) is 1. The summed E-state index contributed by atoms with van der Waals surface area (Å²) in [6.45, 7) is 0.204. The van der Waals surface area contributed by atoms with Gasteiger partial charge in [-0.3, -0.25) is 0 Å². The Morgan fingerprint density at radius 2 is 1.55 bits per heavy atom. The summed E-state index contributed by atoms with van der Waals surface area (Å²) in [4.78, 5) is 2.25. The second-order valence-corrected chi connectivity index (χ2v) is 5.34. The summed E-state index contributed by atoms with van der Waals surface area (Å²) in [6.07, 6.45) is 0. The first-order chi connectivity index (χ1) is 10.4. The normalized spacial score (nSPS) is 12.2. The third-order valence-corrected chi connectivity index (χ3v) is 4.17. The van der Waals surface area contributed by atoms with Gasteiger partial charge in [0, 0.05) is 38.4 Å². The Morgan fingerprint density at radius 1 is 0.818 bits per heavy atom. The van der Waals surface area contributed by atoms with Gasteiger partial charge >= 0.3 is 0 Å². The Hall–Kier alpha value is -1.37. The van der Waals surface area contributed by atoms with Gasteiger partial charge in [-0.2, -0.15) is 59.5 Å². The zero-order chi connectivity index (χ0) is 14.2. The number of hydrogen-bond donors (Lipinski definition) is 0. The molecule has 0 saturated heterocycles. The zero-order valence-corrected chi connectivity index (χ0v) is 15.3. The van der Waals surface area contributed by atoms with Gasteiger partial charge in [0.25, 0.3) is 0 Å². The van der Waals surface area contributed by atoms with E-state index in [1.807, 2.05) is 18.2 Å². The minimum absolute atomic E-state index is 0.